The molecule has 4 nitrogen and oxygen atoms in total. The highest BCUT2D eigenvalue weighted by atomic mass is 16.1. The SMILES string of the molecule is Cc1cc(C(=O)NC(CN)Cc2ccccc2)ccn1. The Morgan fingerprint density at radius 3 is 2.70 bits per heavy atom. The molecule has 0 radical (unpaired) electrons. The van der Waals surface area contributed by atoms with Gasteiger partial charge in [-0.3, -0.25) is 9.78 Å². The maximum absolute atomic E-state index is 12.2. The third-order valence-electron chi connectivity index (χ3n) is 3.10. The van der Waals surface area contributed by atoms with Gasteiger partial charge in [-0.05, 0) is 31.0 Å². The minimum atomic E-state index is -0.109. The van der Waals surface area contributed by atoms with Crippen molar-refractivity contribution < 1.29 is 4.79 Å². The Morgan fingerprint density at radius 1 is 1.30 bits per heavy atom. The van der Waals surface area contributed by atoms with Crippen molar-refractivity contribution >= 4 is 5.91 Å². The molecule has 20 heavy (non-hydrogen) atoms. The van der Waals surface area contributed by atoms with Gasteiger partial charge in [0.15, 0.2) is 0 Å². The lowest BCUT2D eigenvalue weighted by molar-refractivity contribution is 0.0938. The van der Waals surface area contributed by atoms with Crippen molar-refractivity contribution in [2.24, 2.45) is 5.73 Å². The predicted octanol–water partition coefficient (Wildman–Crippen LogP) is 1.69. The van der Waals surface area contributed by atoms with Gasteiger partial charge in [0.25, 0.3) is 5.91 Å². The molecular weight excluding hydrogens is 250 g/mol. The molecule has 4 heteroatoms. The van der Waals surface area contributed by atoms with Crippen molar-refractivity contribution in [2.45, 2.75) is 19.4 Å². The van der Waals surface area contributed by atoms with Gasteiger partial charge in [0.05, 0.1) is 0 Å². The summed E-state index contributed by atoms with van der Waals surface area (Å²) in [7, 11) is 0. The van der Waals surface area contributed by atoms with E-state index in [0.717, 1.165) is 17.7 Å². The van der Waals surface area contributed by atoms with E-state index < -0.39 is 0 Å². The lowest BCUT2D eigenvalue weighted by Crippen LogP contribution is -2.41. The maximum atomic E-state index is 12.2. The standard InChI is InChI=1S/C16H19N3O/c1-12-9-14(7-8-18-12)16(20)19-15(11-17)10-13-5-3-2-4-6-13/h2-9,15H,10-11,17H2,1H3,(H,19,20). The van der Waals surface area contributed by atoms with Crippen molar-refractivity contribution in [1.82, 2.24) is 10.3 Å². The molecule has 0 bridgehead atoms. The molecule has 0 saturated carbocycles. The normalized spacial score (nSPS) is 11.9. The number of amides is 1. The molecule has 1 aromatic heterocycles. The van der Waals surface area contributed by atoms with Crippen molar-refractivity contribution in [1.29, 1.82) is 0 Å². The molecule has 1 unspecified atom stereocenters. The third kappa shape index (κ3) is 3.90. The number of pyridine rings is 1. The second kappa shape index (κ2) is 6.82. The molecule has 3 N–H and O–H groups in total. The van der Waals surface area contributed by atoms with Crippen LogP contribution in [-0.2, 0) is 6.42 Å². The quantitative estimate of drug-likeness (QED) is 0.868. The topological polar surface area (TPSA) is 68.0 Å². The Bertz CT molecular complexity index is 569. The molecule has 0 aliphatic rings. The minimum Gasteiger partial charge on any atom is -0.348 e. The summed E-state index contributed by atoms with van der Waals surface area (Å²) in [5.74, 6) is -0.109. The molecule has 0 spiro atoms. The van der Waals surface area contributed by atoms with E-state index in [2.05, 4.69) is 10.3 Å². The second-order valence-electron chi connectivity index (χ2n) is 4.78. The summed E-state index contributed by atoms with van der Waals surface area (Å²) in [5.41, 5.74) is 8.35. The Morgan fingerprint density at radius 2 is 2.05 bits per heavy atom. The molecular formula is C16H19N3O. The van der Waals surface area contributed by atoms with Crippen LogP contribution in [0.25, 0.3) is 0 Å². The van der Waals surface area contributed by atoms with E-state index in [1.807, 2.05) is 37.3 Å². The first kappa shape index (κ1) is 14.2. The van der Waals surface area contributed by atoms with Gasteiger partial charge in [0.2, 0.25) is 0 Å². The van der Waals surface area contributed by atoms with Crippen LogP contribution < -0.4 is 11.1 Å². The largest absolute Gasteiger partial charge is 0.348 e. The summed E-state index contributed by atoms with van der Waals surface area (Å²) in [6, 6.07) is 13.4. The van der Waals surface area contributed by atoms with Crippen LogP contribution in [0.15, 0.2) is 48.7 Å². The molecule has 1 heterocycles. The summed E-state index contributed by atoms with van der Waals surface area (Å²) in [5, 5.41) is 2.97. The highest BCUT2D eigenvalue weighted by Gasteiger charge is 2.13. The number of nitrogens with two attached hydrogens (primary N) is 1. The Labute approximate surface area is 119 Å². The molecule has 0 aliphatic carbocycles. The number of aromatic nitrogens is 1. The average Bonchev–Trinajstić information content (AvgIpc) is 2.47. The van der Waals surface area contributed by atoms with E-state index >= 15 is 0 Å². The van der Waals surface area contributed by atoms with Crippen LogP contribution in [0.4, 0.5) is 0 Å². The number of aryl methyl sites for hydroxylation is 1. The molecule has 2 aromatic rings. The summed E-state index contributed by atoms with van der Waals surface area (Å²) in [4.78, 5) is 16.2. The third-order valence-corrected chi connectivity index (χ3v) is 3.10. The van der Waals surface area contributed by atoms with E-state index in [4.69, 9.17) is 5.73 Å². The number of carbonyl (C=O) groups is 1. The minimum absolute atomic E-state index is 0.0710. The first-order valence-corrected chi connectivity index (χ1v) is 6.66. The maximum Gasteiger partial charge on any atom is 0.251 e. The van der Waals surface area contributed by atoms with E-state index in [0.29, 0.717) is 12.1 Å². The predicted molar refractivity (Wildman–Crippen MR) is 79.4 cm³/mol. The zero-order chi connectivity index (χ0) is 14.4. The van der Waals surface area contributed by atoms with Crippen LogP contribution in [0.3, 0.4) is 0 Å². The number of rotatable bonds is 5. The number of benzene rings is 1. The number of hydrogen-bond donors (Lipinski definition) is 2. The van der Waals surface area contributed by atoms with Gasteiger partial charge in [-0.15, -0.1) is 0 Å². The van der Waals surface area contributed by atoms with E-state index in [9.17, 15) is 4.79 Å². The van der Waals surface area contributed by atoms with Crippen LogP contribution >= 0.6 is 0 Å². The van der Waals surface area contributed by atoms with Gasteiger partial charge in [0, 0.05) is 30.0 Å². The van der Waals surface area contributed by atoms with Crippen LogP contribution in [0, 0.1) is 6.92 Å². The van der Waals surface area contributed by atoms with Gasteiger partial charge < -0.3 is 11.1 Å². The van der Waals surface area contributed by atoms with Crippen LogP contribution in [0.2, 0.25) is 0 Å². The van der Waals surface area contributed by atoms with Gasteiger partial charge in [-0.2, -0.15) is 0 Å². The number of hydrogen-bond acceptors (Lipinski definition) is 3. The smallest absolute Gasteiger partial charge is 0.251 e. The second-order valence-corrected chi connectivity index (χ2v) is 4.78. The van der Waals surface area contributed by atoms with Crippen molar-refractivity contribution in [3.63, 3.8) is 0 Å². The zero-order valence-electron chi connectivity index (χ0n) is 11.5. The molecule has 1 amide bonds. The fourth-order valence-corrected chi connectivity index (χ4v) is 2.05. The average molecular weight is 269 g/mol. The molecule has 1 aromatic carbocycles. The van der Waals surface area contributed by atoms with E-state index in [1.54, 1.807) is 18.3 Å². The van der Waals surface area contributed by atoms with Crippen molar-refractivity contribution in [2.75, 3.05) is 6.54 Å². The zero-order valence-corrected chi connectivity index (χ0v) is 11.5. The number of nitrogens with zero attached hydrogens (tertiary/aromatic N) is 1. The van der Waals surface area contributed by atoms with Gasteiger partial charge in [0.1, 0.15) is 0 Å². The fourth-order valence-electron chi connectivity index (χ4n) is 2.05. The Balaban J connectivity index is 2.01. The fraction of sp³-hybridized carbons (Fsp3) is 0.250. The lowest BCUT2D eigenvalue weighted by atomic mass is 10.1. The summed E-state index contributed by atoms with van der Waals surface area (Å²) >= 11 is 0. The lowest BCUT2D eigenvalue weighted by Gasteiger charge is -2.17. The summed E-state index contributed by atoms with van der Waals surface area (Å²) in [6.45, 7) is 2.27. The van der Waals surface area contributed by atoms with Gasteiger partial charge >= 0.3 is 0 Å². The number of carbonyl (C=O) groups excluding carboxylic acids is 1. The van der Waals surface area contributed by atoms with Gasteiger partial charge in [-0.25, -0.2) is 0 Å². The molecule has 0 saturated heterocycles. The molecule has 0 fully saturated rings. The monoisotopic (exact) mass is 269 g/mol. The summed E-state index contributed by atoms with van der Waals surface area (Å²) in [6.07, 6.45) is 2.37. The Kier molecular flexibility index (Phi) is 4.85. The Hall–Kier alpha value is -2.20. The van der Waals surface area contributed by atoms with E-state index in [-0.39, 0.29) is 11.9 Å². The highest BCUT2D eigenvalue weighted by molar-refractivity contribution is 5.94. The van der Waals surface area contributed by atoms with Crippen LogP contribution in [0.1, 0.15) is 21.6 Å². The highest BCUT2D eigenvalue weighted by Crippen LogP contribution is 2.05. The van der Waals surface area contributed by atoms with E-state index in [1.165, 1.54) is 0 Å². The summed E-state index contributed by atoms with van der Waals surface area (Å²) < 4.78 is 0. The molecule has 1 atom stereocenters. The first-order chi connectivity index (χ1) is 9.69. The van der Waals surface area contributed by atoms with Gasteiger partial charge in [-0.1, -0.05) is 30.3 Å². The molecule has 2 rings (SSSR count). The molecule has 104 valence electrons. The molecule has 0 aliphatic heterocycles. The first-order valence-electron chi connectivity index (χ1n) is 6.66. The van der Waals surface area contributed by atoms with Crippen molar-refractivity contribution in [3.8, 4) is 0 Å². The van der Waals surface area contributed by atoms with Crippen LogP contribution in [0.5, 0.6) is 0 Å². The van der Waals surface area contributed by atoms with Crippen molar-refractivity contribution in [3.05, 3.63) is 65.5 Å². The number of nitrogens with one attached hydrogen (secondary N) is 1. The van der Waals surface area contributed by atoms with Crippen LogP contribution in [-0.4, -0.2) is 23.5 Å².